The predicted molar refractivity (Wildman–Crippen MR) is 422 cm³/mol. The van der Waals surface area contributed by atoms with Crippen LogP contribution in [0.4, 0.5) is 0 Å². The molecule has 6 saturated carbocycles. The number of rotatable bonds is 0. The Kier molecular flexibility index (Phi) is 46.0. The van der Waals surface area contributed by atoms with Gasteiger partial charge in [-0.05, 0) is 48.4 Å². The first-order valence-electron chi connectivity index (χ1n) is 36.7. The van der Waals surface area contributed by atoms with Crippen molar-refractivity contribution >= 4 is 79.6 Å². The van der Waals surface area contributed by atoms with Crippen molar-refractivity contribution in [2.75, 3.05) is 0 Å². The van der Waals surface area contributed by atoms with Crippen molar-refractivity contribution < 1.29 is 78.6 Å². The Morgan fingerprint density at radius 3 is 0.323 bits per heavy atom. The van der Waals surface area contributed by atoms with Gasteiger partial charge in [0.05, 0.1) is 0 Å². The molecule has 0 N–H and O–H groups in total. The van der Waals surface area contributed by atoms with Crippen LogP contribution in [0.2, 0.25) is 78.6 Å². The van der Waals surface area contributed by atoms with Crippen molar-refractivity contribution in [3.63, 3.8) is 0 Å². The summed E-state index contributed by atoms with van der Waals surface area (Å²) in [5, 5.41) is 8.51. The minimum absolute atomic E-state index is 0. The van der Waals surface area contributed by atoms with E-state index in [4.69, 9.17) is 0 Å². The van der Waals surface area contributed by atoms with Gasteiger partial charge < -0.3 is 67.6 Å². The molecule has 498 valence electrons. The molecule has 4 aromatic rings. The number of hydrogen-bond acceptors (Lipinski definition) is 0. The molecule has 0 nitrogen and oxygen atoms in total. The van der Waals surface area contributed by atoms with Gasteiger partial charge in [-0.25, -0.2) is 0 Å². The summed E-state index contributed by atoms with van der Waals surface area (Å²) in [6.07, 6.45) is 45.0. The van der Waals surface area contributed by atoms with Crippen molar-refractivity contribution in [1.29, 1.82) is 0 Å². The third kappa shape index (κ3) is 35.4. The Bertz CT molecular complexity index is 2270. The summed E-state index contributed by atoms with van der Waals surface area (Å²) in [7, 11) is -11.8. The monoisotopic (exact) mass is 1580 g/mol. The van der Waals surface area contributed by atoms with E-state index in [9.17, 15) is 0 Å². The van der Waals surface area contributed by atoms with E-state index < -0.39 is 48.4 Å². The maximum Gasteiger partial charge on any atom is 4.00 e. The van der Waals surface area contributed by atoms with E-state index in [2.05, 4.69) is 227 Å². The van der Waals surface area contributed by atoms with Crippen molar-refractivity contribution in [2.45, 2.75) is 313 Å². The van der Waals surface area contributed by atoms with Crippen molar-refractivity contribution in [1.82, 2.24) is 0 Å². The topological polar surface area (TPSA) is 0 Å². The van der Waals surface area contributed by atoms with Crippen LogP contribution in [0.3, 0.4) is 0 Å². The van der Waals surface area contributed by atoms with Crippen LogP contribution in [0.1, 0.15) is 234 Å². The first-order chi connectivity index (χ1) is 42.7. The molecule has 6 fully saturated rings. The fourth-order valence-corrected chi connectivity index (χ4v) is 27.0. The summed E-state index contributed by atoms with van der Waals surface area (Å²) in [6, 6.07) is 40.5. The van der Waals surface area contributed by atoms with Crippen LogP contribution in [0, 0.1) is 34.2 Å². The second-order valence-electron chi connectivity index (χ2n) is 30.7. The second kappa shape index (κ2) is 47.4. The maximum atomic E-state index is 4.01. The second-order valence-corrected chi connectivity index (χ2v) is 55.2. The average molecular weight is 1580 g/mol. The van der Waals surface area contributed by atoms with E-state index in [1.807, 2.05) is 36.4 Å². The average Bonchev–Trinajstić information content (AvgIpc) is 1.90. The zero-order valence-corrected chi connectivity index (χ0v) is 76.5. The minimum atomic E-state index is -1.97. The molecule has 0 saturated heterocycles. The summed E-state index contributed by atoms with van der Waals surface area (Å²) < 4.78 is 0. The molecule has 9 heteroatoms. The van der Waals surface area contributed by atoms with Crippen LogP contribution >= 0.6 is 0 Å². The Labute approximate surface area is 640 Å². The number of allylic oxidation sites excluding steroid dienone is 6. The summed E-state index contributed by atoms with van der Waals surface area (Å²) in [6.45, 7) is 42.5. The molecular formula is C84H132Si6Zr3+6. The van der Waals surface area contributed by atoms with Crippen molar-refractivity contribution in [2.24, 2.45) is 0 Å². The van der Waals surface area contributed by atoms with Crippen LogP contribution in [0.5, 0.6) is 0 Å². The van der Waals surface area contributed by atoms with Gasteiger partial charge in [0.2, 0.25) is 0 Å². The zero-order chi connectivity index (χ0) is 66.1. The smallest absolute Gasteiger partial charge is 0.378 e. The summed E-state index contributed by atoms with van der Waals surface area (Å²) in [4.78, 5) is 0. The van der Waals surface area contributed by atoms with Crippen molar-refractivity contribution in [3.05, 3.63) is 177 Å². The molecule has 14 rings (SSSR count). The largest absolute Gasteiger partial charge is 4.00 e. The van der Waals surface area contributed by atoms with Gasteiger partial charge >= 0.3 is 78.6 Å². The normalized spacial score (nSPS) is 20.6. The SMILES string of the molecule is C1CCCC1.C1CCCC1.C1CCCC1.C1CCCC1.C1CCCC1.C1CCCC1.CC1=[C-][Si](C)(C)c2ccc(cc2)[Si](C)(C)[C-]=C(C)C(C)=[C-][Si](C)(C)c2ccc(cc2)[Si](C)(C)[C-]=C(C)C(C)=[C-][Si](C)(C)c2ccc(cc2)[Si](C)(C)[C-]=C1C.[Zr+4].[Zr+4].[Zr+4].c1ccccc1. The van der Waals surface area contributed by atoms with E-state index in [0.717, 1.165) is 0 Å². The fourth-order valence-electron chi connectivity index (χ4n) is 13.4. The number of hydrogen-bond donors (Lipinski definition) is 0. The molecule has 0 radical (unpaired) electrons. The molecule has 4 aromatic carbocycles. The molecule has 0 atom stereocenters. The quantitative estimate of drug-likeness (QED) is 0.122. The van der Waals surface area contributed by atoms with Gasteiger partial charge in [-0.2, -0.15) is 0 Å². The van der Waals surface area contributed by atoms with Gasteiger partial charge in [-0.3, -0.25) is 0 Å². The van der Waals surface area contributed by atoms with Crippen LogP contribution in [0.15, 0.2) is 143 Å². The molecule has 6 bridgehead atoms. The molecule has 4 aliphatic heterocycles. The Hall–Kier alpha value is -0.729. The molecule has 0 amide bonds. The number of fused-ring (bicyclic) bond motifs is 3. The molecular weight excluding hydrogens is 1450 g/mol. The molecule has 10 aliphatic rings. The van der Waals surface area contributed by atoms with E-state index >= 15 is 0 Å². The molecule has 93 heavy (non-hydrogen) atoms. The molecule has 6 aliphatic carbocycles. The fraction of sp³-hybridized carbons (Fsp3) is 0.571. The van der Waals surface area contributed by atoms with Crippen LogP contribution in [-0.4, -0.2) is 48.4 Å². The predicted octanol–water partition coefficient (Wildman–Crippen LogP) is 22.7. The van der Waals surface area contributed by atoms with Crippen LogP contribution < -0.4 is 31.1 Å². The van der Waals surface area contributed by atoms with Gasteiger partial charge in [-0.1, -0.05) is 412 Å². The zero-order valence-electron chi connectivity index (χ0n) is 63.1. The van der Waals surface area contributed by atoms with Gasteiger partial charge in [0, 0.05) is 0 Å². The van der Waals surface area contributed by atoms with Crippen LogP contribution in [-0.2, 0) is 78.6 Å². The van der Waals surface area contributed by atoms with E-state index in [-0.39, 0.29) is 78.6 Å². The maximum absolute atomic E-state index is 4.01. The van der Waals surface area contributed by atoms with E-state index in [0.29, 0.717) is 0 Å². The molecule has 0 aromatic heterocycles. The van der Waals surface area contributed by atoms with Gasteiger partial charge in [0.25, 0.3) is 0 Å². The Morgan fingerprint density at radius 2 is 0.247 bits per heavy atom. The first kappa shape index (κ1) is 90.3. The standard InChI is InChI=1S/C48H66Si6.C6H6.6C5H10.3Zr/c1-37-31-49(7,8)43-19-21-45(22-20-43)51(11,12)33-39(3)41(5)35-53(15,16)47-27-29-48(30-28-47)54(17,18)36-42(6)40(4)34-52(13,14)46-25-23-44(24-26-46)50(9,10)32-38(37)2;1-2-4-6-5-3-1;6*1-2-4-5-3-1;;;/h19-30H,1-18H3;1-6H;6*1-5H2;;;/q-6;;;;;;;;3*+4. The summed E-state index contributed by atoms with van der Waals surface area (Å²) >= 11 is 0. The molecule has 0 unspecified atom stereocenters. The molecule has 4 heterocycles. The van der Waals surface area contributed by atoms with Crippen molar-refractivity contribution in [3.8, 4) is 0 Å². The van der Waals surface area contributed by atoms with E-state index in [1.165, 1.54) is 257 Å². The van der Waals surface area contributed by atoms with Gasteiger partial charge in [0.15, 0.2) is 0 Å². The van der Waals surface area contributed by atoms with Gasteiger partial charge in [0.1, 0.15) is 0 Å². The summed E-state index contributed by atoms with van der Waals surface area (Å²) in [5.41, 5.74) is 31.5. The van der Waals surface area contributed by atoms with Gasteiger partial charge in [-0.15, -0.1) is 41.5 Å². The Morgan fingerprint density at radius 1 is 0.172 bits per heavy atom. The third-order valence-corrected chi connectivity index (χ3v) is 36.5. The number of benzene rings is 4. The van der Waals surface area contributed by atoms with Crippen LogP contribution in [0.25, 0.3) is 0 Å². The molecule has 0 spiro atoms. The summed E-state index contributed by atoms with van der Waals surface area (Å²) in [5.74, 6) is 0. The minimum Gasteiger partial charge on any atom is -0.378 e. The Balaban J connectivity index is 0.000000870. The third-order valence-electron chi connectivity index (χ3n) is 19.8. The first-order valence-corrected chi connectivity index (χ1v) is 54.7. The van der Waals surface area contributed by atoms with E-state index in [1.54, 1.807) is 0 Å².